The number of fused-ring (bicyclic) bond motifs is 6. The molecular weight excluding hydrogens is 1040 g/mol. The van der Waals surface area contributed by atoms with E-state index in [1.807, 2.05) is 172 Å². The Hall–Kier alpha value is -9.77. The summed E-state index contributed by atoms with van der Waals surface area (Å²) in [5.74, 6) is 0.740. The number of hydrogen-bond donors (Lipinski definition) is 0. The van der Waals surface area contributed by atoms with Crippen molar-refractivity contribution in [1.29, 1.82) is 0 Å². The van der Waals surface area contributed by atoms with Crippen molar-refractivity contribution in [3.05, 3.63) is 280 Å². The molecule has 0 N–H and O–H groups in total. The number of rotatable bonds is 0. The van der Waals surface area contributed by atoms with Crippen LogP contribution in [0.3, 0.4) is 0 Å². The van der Waals surface area contributed by atoms with Gasteiger partial charge in [0.1, 0.15) is 17.1 Å². The van der Waals surface area contributed by atoms with E-state index < -0.39 is 0 Å². The molecule has 83 heavy (non-hydrogen) atoms. The van der Waals surface area contributed by atoms with E-state index in [1.165, 1.54) is 16.6 Å². The topological polar surface area (TPSA) is 193 Å². The van der Waals surface area contributed by atoms with Gasteiger partial charge in [0.15, 0.2) is 0 Å². The van der Waals surface area contributed by atoms with Crippen LogP contribution in [0.15, 0.2) is 151 Å². The smallest absolute Gasteiger partial charge is 0.271 e. The monoisotopic (exact) mass is 1110 g/mol. The zero-order valence-corrected chi connectivity index (χ0v) is 50.4. The van der Waals surface area contributed by atoms with E-state index in [0.29, 0.717) is 0 Å². The summed E-state index contributed by atoms with van der Waals surface area (Å²) in [6, 6.07) is 26.9. The van der Waals surface area contributed by atoms with Crippen LogP contribution in [0.2, 0.25) is 0 Å². The Labute approximate surface area is 480 Å². The highest BCUT2D eigenvalue weighted by Gasteiger charge is 2.11. The third-order valence-corrected chi connectivity index (χ3v) is 14.6. The lowest BCUT2D eigenvalue weighted by Gasteiger charge is -2.11. The Bertz CT molecular complexity index is 4810. The molecule has 0 atom stereocenters. The van der Waals surface area contributed by atoms with Gasteiger partial charge in [0.25, 0.3) is 33.4 Å². The van der Waals surface area contributed by atoms with E-state index in [1.54, 1.807) is 71.1 Å². The summed E-state index contributed by atoms with van der Waals surface area (Å²) < 4.78 is 9.87. The van der Waals surface area contributed by atoms with Gasteiger partial charge in [-0.25, -0.2) is 15.0 Å². The van der Waals surface area contributed by atoms with Crippen LogP contribution in [0.4, 0.5) is 0 Å². The normalized spacial score (nSPS) is 10.8. The zero-order valence-electron chi connectivity index (χ0n) is 50.4. The Balaban J connectivity index is 0.000000143. The zero-order chi connectivity index (χ0) is 60.9. The van der Waals surface area contributed by atoms with Gasteiger partial charge in [-0.05, 0) is 204 Å². The Morgan fingerprint density at radius 1 is 0.301 bits per heavy atom. The number of nitrogens with zero attached hydrogens (tertiary/aromatic N) is 11. The van der Waals surface area contributed by atoms with E-state index >= 15 is 0 Å². The van der Waals surface area contributed by atoms with Crippen LogP contribution in [0, 0.1) is 118 Å². The molecule has 0 fully saturated rings. The summed E-state index contributed by atoms with van der Waals surface area (Å²) in [4.78, 5) is 86.6. The summed E-state index contributed by atoms with van der Waals surface area (Å²) in [6.45, 7) is 33.2. The van der Waals surface area contributed by atoms with Crippen molar-refractivity contribution in [2.75, 3.05) is 0 Å². The van der Waals surface area contributed by atoms with Crippen LogP contribution in [0.1, 0.15) is 95.5 Å². The second-order valence-electron chi connectivity index (χ2n) is 21.0. The molecule has 0 aliphatic carbocycles. The minimum absolute atomic E-state index is 0.00167. The SMILES string of the molecule is Cc1cc(=O)n2c(C)ncc(C)c2c1C.Cc1cc(C)c2c(C)ncc(C)n2c1=O.Cc1ccc(=O)n2c(C)ccnc12.Cc1ccc(C)n2c(=O)ccc(C)c12.Cc1ccc(C)n2c(=O)ccnc12.Cc1ccnn2c(=O)ccc(C)c12. The first kappa shape index (κ1) is 60.9. The highest BCUT2D eigenvalue weighted by atomic mass is 16.1. The van der Waals surface area contributed by atoms with Crippen molar-refractivity contribution in [2.45, 2.75) is 118 Å². The number of pyridine rings is 7. The van der Waals surface area contributed by atoms with E-state index in [4.69, 9.17) is 0 Å². The molecule has 0 aromatic carbocycles. The molecule has 0 unspecified atom stereocenters. The summed E-state index contributed by atoms with van der Waals surface area (Å²) >= 11 is 0. The number of hydrogen-bond acceptors (Lipinski definition) is 11. The standard InChI is InChI=1S/2C12H14N2O.C12H13NO.3C10H10N2O/c1-7-5-11(15)14-10(4)13-6-8(2)12(14)9(7)3;1-7-5-8(2)12(15)14-9(3)6-13-10(4)11(7)14;1-8-4-6-10(3)13-11(14)7-5-9(2)12(8)13;1-7-3-4-9(13)12-8(2)5-6-11-10(7)12;1-7-3-4-9(13)12-10(7)8(2)5-6-11-12;1-7-3-4-8(2)12-9(13)5-6-11-10(7)12/h2*5-6H,1-4H3;4-7H,1-3H3;3*3-6H,1-2H3. The molecule has 0 aliphatic heterocycles. The molecule has 0 spiro atoms. The molecule has 0 radical (unpaired) electrons. The first-order valence-electron chi connectivity index (χ1n) is 27.1. The second-order valence-corrected chi connectivity index (χ2v) is 21.0. The fourth-order valence-corrected chi connectivity index (χ4v) is 10.1. The average Bonchev–Trinajstić information content (AvgIpc) is 3.52. The molecule has 0 amide bonds. The maximum atomic E-state index is 12.0. The van der Waals surface area contributed by atoms with Crippen molar-refractivity contribution in [2.24, 2.45) is 0 Å². The van der Waals surface area contributed by atoms with Gasteiger partial charge in [-0.3, -0.25) is 55.8 Å². The van der Waals surface area contributed by atoms with Crippen molar-refractivity contribution in [1.82, 2.24) is 51.6 Å². The Morgan fingerprint density at radius 3 is 1.39 bits per heavy atom. The van der Waals surface area contributed by atoms with Gasteiger partial charge < -0.3 is 0 Å². The highest BCUT2D eigenvalue weighted by molar-refractivity contribution is 5.63. The maximum absolute atomic E-state index is 12.0. The molecule has 12 aromatic heterocycles. The fraction of sp³-hybridized carbons (Fsp3) is 0.258. The Kier molecular flexibility index (Phi) is 18.6. The van der Waals surface area contributed by atoms with Crippen molar-refractivity contribution in [3.63, 3.8) is 0 Å². The molecule has 426 valence electrons. The van der Waals surface area contributed by atoms with E-state index in [-0.39, 0.29) is 33.4 Å². The summed E-state index contributed by atoms with van der Waals surface area (Å²) in [6.07, 6.45) is 8.46. The van der Waals surface area contributed by atoms with E-state index in [2.05, 4.69) is 31.1 Å². The summed E-state index contributed by atoms with van der Waals surface area (Å²) in [5.41, 5.74) is 21.5. The minimum atomic E-state index is -0.0794. The van der Waals surface area contributed by atoms with Gasteiger partial charge >= 0.3 is 0 Å². The van der Waals surface area contributed by atoms with Crippen molar-refractivity contribution >= 4 is 33.4 Å². The number of aryl methyl sites for hydroxylation is 17. The molecular formula is C66H71N11O6. The van der Waals surface area contributed by atoms with Crippen LogP contribution in [0.25, 0.3) is 33.4 Å². The quantitative estimate of drug-likeness (QED) is 0.140. The van der Waals surface area contributed by atoms with E-state index in [9.17, 15) is 28.8 Å². The van der Waals surface area contributed by atoms with Gasteiger partial charge in [0.2, 0.25) is 0 Å². The molecule has 0 aliphatic rings. The highest BCUT2D eigenvalue weighted by Crippen LogP contribution is 2.18. The second kappa shape index (κ2) is 25.4. The summed E-state index contributed by atoms with van der Waals surface area (Å²) in [5, 5.41) is 4.01. The van der Waals surface area contributed by atoms with Crippen LogP contribution >= 0.6 is 0 Å². The molecule has 17 heteroatoms. The molecule has 12 heterocycles. The van der Waals surface area contributed by atoms with Crippen LogP contribution in [-0.2, 0) is 0 Å². The molecule has 17 nitrogen and oxygen atoms in total. The first-order valence-corrected chi connectivity index (χ1v) is 27.1. The van der Waals surface area contributed by atoms with Crippen molar-refractivity contribution < 1.29 is 0 Å². The lowest BCUT2D eigenvalue weighted by molar-refractivity contribution is 0.876. The average molecular weight is 1110 g/mol. The molecule has 12 aromatic rings. The minimum Gasteiger partial charge on any atom is -0.281 e. The van der Waals surface area contributed by atoms with Gasteiger partial charge in [0, 0.05) is 89.7 Å². The molecule has 0 bridgehead atoms. The predicted molar refractivity (Wildman–Crippen MR) is 332 cm³/mol. The third kappa shape index (κ3) is 12.7. The van der Waals surface area contributed by atoms with Crippen LogP contribution in [-0.4, -0.2) is 51.6 Å². The van der Waals surface area contributed by atoms with E-state index in [0.717, 1.165) is 129 Å². The van der Waals surface area contributed by atoms with Crippen molar-refractivity contribution in [3.8, 4) is 0 Å². The molecule has 0 saturated heterocycles. The summed E-state index contributed by atoms with van der Waals surface area (Å²) in [7, 11) is 0. The van der Waals surface area contributed by atoms with Crippen LogP contribution < -0.4 is 33.4 Å². The van der Waals surface area contributed by atoms with Gasteiger partial charge in [-0.2, -0.15) is 9.61 Å². The predicted octanol–water partition coefficient (Wildman–Crippen LogP) is 10.0. The van der Waals surface area contributed by atoms with Gasteiger partial charge in [-0.15, -0.1) is 0 Å². The fourth-order valence-electron chi connectivity index (χ4n) is 10.1. The van der Waals surface area contributed by atoms with Gasteiger partial charge in [-0.1, -0.05) is 30.3 Å². The lowest BCUT2D eigenvalue weighted by atomic mass is 10.1. The number of aromatic nitrogens is 11. The Morgan fingerprint density at radius 2 is 0.795 bits per heavy atom. The molecule has 0 saturated carbocycles. The maximum Gasteiger partial charge on any atom is 0.271 e. The molecule has 12 rings (SSSR count). The lowest BCUT2D eigenvalue weighted by Crippen LogP contribution is -2.20. The first-order chi connectivity index (χ1) is 39.2. The largest absolute Gasteiger partial charge is 0.281 e. The third-order valence-electron chi connectivity index (χ3n) is 14.6. The van der Waals surface area contributed by atoms with Gasteiger partial charge in [0.05, 0.1) is 27.8 Å². The van der Waals surface area contributed by atoms with Crippen LogP contribution in [0.5, 0.6) is 0 Å².